The second-order valence-electron chi connectivity index (χ2n) is 5.30. The van der Waals surface area contributed by atoms with E-state index in [2.05, 4.69) is 21.4 Å². The van der Waals surface area contributed by atoms with Crippen LogP contribution in [0.1, 0.15) is 5.56 Å². The summed E-state index contributed by atoms with van der Waals surface area (Å²) in [7, 11) is 2.95. The zero-order valence-electron chi connectivity index (χ0n) is 13.9. The van der Waals surface area contributed by atoms with Crippen molar-refractivity contribution in [3.63, 3.8) is 0 Å². The number of para-hydroxylation sites is 1. The first-order chi connectivity index (χ1) is 12.5. The van der Waals surface area contributed by atoms with E-state index in [-0.39, 0.29) is 10.6 Å². The van der Waals surface area contributed by atoms with Gasteiger partial charge in [0.15, 0.2) is 11.5 Å². The number of carbonyl (C=O) groups excluding carboxylic acids is 2. The Morgan fingerprint density at radius 1 is 1.15 bits per heavy atom. The van der Waals surface area contributed by atoms with Crippen molar-refractivity contribution in [2.75, 3.05) is 19.2 Å². The number of methoxy groups -OCH3 is 2. The molecule has 26 heavy (non-hydrogen) atoms. The lowest BCUT2D eigenvalue weighted by atomic mass is 10.1. The number of hydrogen-bond acceptors (Lipinski definition) is 4. The van der Waals surface area contributed by atoms with Gasteiger partial charge in [0.25, 0.3) is 11.8 Å². The third-order valence-corrected chi connectivity index (χ3v) is 5.23. The Balaban J connectivity index is 2.04. The molecule has 8 heteroatoms. The number of halogens is 2. The van der Waals surface area contributed by atoms with E-state index in [1.807, 2.05) is 6.07 Å². The molecule has 1 aliphatic heterocycles. The second kappa shape index (κ2) is 7.39. The molecule has 0 saturated carbocycles. The van der Waals surface area contributed by atoms with E-state index in [1.165, 1.54) is 25.3 Å². The number of ether oxygens (including phenoxy) is 2. The first-order valence-electron chi connectivity index (χ1n) is 7.50. The van der Waals surface area contributed by atoms with Crippen molar-refractivity contribution in [1.29, 1.82) is 0 Å². The minimum Gasteiger partial charge on any atom is -0.493 e. The fraction of sp³-hybridized carbons (Fsp3) is 0.111. The number of hydrogen-bond donors (Lipinski definition) is 1. The molecule has 1 fully saturated rings. The van der Waals surface area contributed by atoms with Crippen molar-refractivity contribution in [1.82, 2.24) is 5.43 Å². The van der Waals surface area contributed by atoms with Gasteiger partial charge in [-0.3, -0.25) is 15.0 Å². The summed E-state index contributed by atoms with van der Waals surface area (Å²) in [5, 5.41) is 1.48. The molecular formula is C18H14BrClN2O4. The lowest BCUT2D eigenvalue weighted by molar-refractivity contribution is -0.117. The summed E-state index contributed by atoms with van der Waals surface area (Å²) in [6, 6.07) is 10.5. The fourth-order valence-electron chi connectivity index (χ4n) is 2.52. The summed E-state index contributed by atoms with van der Waals surface area (Å²) < 4.78 is 11.0. The van der Waals surface area contributed by atoms with Gasteiger partial charge in [0.05, 0.1) is 19.9 Å². The van der Waals surface area contributed by atoms with Gasteiger partial charge in [0, 0.05) is 4.47 Å². The third kappa shape index (κ3) is 3.15. The normalized spacial score (nSPS) is 15.4. The highest BCUT2D eigenvalue weighted by Crippen LogP contribution is 2.43. The number of anilines is 1. The molecule has 0 spiro atoms. The summed E-state index contributed by atoms with van der Waals surface area (Å²) in [4.78, 5) is 25.0. The second-order valence-corrected chi connectivity index (χ2v) is 6.48. The van der Waals surface area contributed by atoms with Crippen LogP contribution in [0, 0.1) is 0 Å². The molecule has 0 radical (unpaired) electrons. The number of nitrogens with one attached hydrogen (secondary N) is 1. The van der Waals surface area contributed by atoms with Crippen molar-refractivity contribution in [2.45, 2.75) is 0 Å². The zero-order chi connectivity index (χ0) is 18.8. The lowest BCUT2D eigenvalue weighted by Gasteiger charge is -2.14. The van der Waals surface area contributed by atoms with Gasteiger partial charge in [-0.15, -0.1) is 0 Å². The maximum absolute atomic E-state index is 12.7. The SMILES string of the molecule is COc1cc(C=C2C(=O)NN(c3ccccc3)C2=O)c(Br)c(Cl)c1OC. The molecule has 134 valence electrons. The molecular weight excluding hydrogens is 424 g/mol. The van der Waals surface area contributed by atoms with E-state index < -0.39 is 11.8 Å². The van der Waals surface area contributed by atoms with E-state index in [9.17, 15) is 9.59 Å². The highest BCUT2D eigenvalue weighted by molar-refractivity contribution is 9.10. The molecule has 0 unspecified atom stereocenters. The van der Waals surface area contributed by atoms with Gasteiger partial charge < -0.3 is 9.47 Å². The average Bonchev–Trinajstić information content (AvgIpc) is 2.94. The molecule has 2 aromatic rings. The smallest absolute Gasteiger partial charge is 0.282 e. The number of amides is 2. The van der Waals surface area contributed by atoms with Crippen LogP contribution in [0.15, 0.2) is 46.4 Å². The molecule has 2 aromatic carbocycles. The Kier molecular flexibility index (Phi) is 5.20. The van der Waals surface area contributed by atoms with E-state index in [1.54, 1.807) is 30.3 Å². The number of hydrazine groups is 1. The van der Waals surface area contributed by atoms with Gasteiger partial charge in [0.2, 0.25) is 0 Å². The van der Waals surface area contributed by atoms with Crippen molar-refractivity contribution in [2.24, 2.45) is 0 Å². The molecule has 1 aliphatic rings. The fourth-order valence-corrected chi connectivity index (χ4v) is 3.21. The number of nitrogens with zero attached hydrogens (tertiary/aromatic N) is 1. The van der Waals surface area contributed by atoms with Gasteiger partial charge in [-0.2, -0.15) is 0 Å². The van der Waals surface area contributed by atoms with Gasteiger partial charge in [-0.1, -0.05) is 29.8 Å². The largest absolute Gasteiger partial charge is 0.493 e. The zero-order valence-corrected chi connectivity index (χ0v) is 16.2. The number of benzene rings is 2. The summed E-state index contributed by atoms with van der Waals surface area (Å²) >= 11 is 9.66. The maximum Gasteiger partial charge on any atom is 0.282 e. The van der Waals surface area contributed by atoms with Crippen molar-refractivity contribution >= 4 is 51.1 Å². The Morgan fingerprint density at radius 2 is 1.85 bits per heavy atom. The minimum atomic E-state index is -0.503. The van der Waals surface area contributed by atoms with Crippen LogP contribution in [0.5, 0.6) is 11.5 Å². The summed E-state index contributed by atoms with van der Waals surface area (Å²) in [6.45, 7) is 0. The summed E-state index contributed by atoms with van der Waals surface area (Å²) in [5.74, 6) is -0.217. The van der Waals surface area contributed by atoms with Gasteiger partial charge in [0.1, 0.15) is 10.6 Å². The monoisotopic (exact) mass is 436 g/mol. The first kappa shape index (κ1) is 18.3. The van der Waals surface area contributed by atoms with Crippen LogP contribution < -0.4 is 19.9 Å². The Hall–Kier alpha value is -2.51. The molecule has 1 N–H and O–H groups in total. The number of rotatable bonds is 4. The van der Waals surface area contributed by atoms with Crippen LogP contribution in [0.4, 0.5) is 5.69 Å². The van der Waals surface area contributed by atoms with Gasteiger partial charge in [-0.25, -0.2) is 5.01 Å². The van der Waals surface area contributed by atoms with Crippen molar-refractivity contribution in [3.05, 3.63) is 57.0 Å². The molecule has 1 saturated heterocycles. The van der Waals surface area contributed by atoms with E-state index in [4.69, 9.17) is 21.1 Å². The van der Waals surface area contributed by atoms with Crippen LogP contribution in [0.2, 0.25) is 5.02 Å². The lowest BCUT2D eigenvalue weighted by Crippen LogP contribution is -2.35. The van der Waals surface area contributed by atoms with Crippen LogP contribution in [-0.4, -0.2) is 26.0 Å². The van der Waals surface area contributed by atoms with Crippen LogP contribution in [-0.2, 0) is 9.59 Å². The standard InChI is InChI=1S/C18H14BrClN2O4/c1-25-13-9-10(14(19)15(20)16(13)26-2)8-12-17(23)21-22(18(12)24)11-6-4-3-5-7-11/h3-9H,1-2H3,(H,21,23). The molecule has 1 heterocycles. The molecule has 0 bridgehead atoms. The van der Waals surface area contributed by atoms with E-state index in [0.29, 0.717) is 27.2 Å². The summed E-state index contributed by atoms with van der Waals surface area (Å²) in [5.41, 5.74) is 3.62. The van der Waals surface area contributed by atoms with Crippen LogP contribution in [0.25, 0.3) is 6.08 Å². The van der Waals surface area contributed by atoms with Crippen LogP contribution in [0.3, 0.4) is 0 Å². The third-order valence-electron chi connectivity index (χ3n) is 3.79. The van der Waals surface area contributed by atoms with Crippen molar-refractivity contribution < 1.29 is 19.1 Å². The molecule has 0 aliphatic carbocycles. The Bertz CT molecular complexity index is 915. The van der Waals surface area contributed by atoms with Gasteiger partial charge in [-0.05, 0) is 45.8 Å². The Morgan fingerprint density at radius 3 is 2.46 bits per heavy atom. The maximum atomic E-state index is 12.7. The predicted octanol–water partition coefficient (Wildman–Crippen LogP) is 3.58. The van der Waals surface area contributed by atoms with Gasteiger partial charge >= 0.3 is 0 Å². The predicted molar refractivity (Wildman–Crippen MR) is 102 cm³/mol. The molecule has 0 atom stereocenters. The highest BCUT2D eigenvalue weighted by Gasteiger charge is 2.34. The topological polar surface area (TPSA) is 67.9 Å². The molecule has 0 aromatic heterocycles. The summed E-state index contributed by atoms with van der Waals surface area (Å²) in [6.07, 6.45) is 1.46. The molecule has 2 amide bonds. The minimum absolute atomic E-state index is 0.0159. The molecule has 6 nitrogen and oxygen atoms in total. The van der Waals surface area contributed by atoms with E-state index >= 15 is 0 Å². The first-order valence-corrected chi connectivity index (χ1v) is 8.67. The Labute approximate surface area is 163 Å². The quantitative estimate of drug-likeness (QED) is 0.586. The number of carbonyl (C=O) groups is 2. The van der Waals surface area contributed by atoms with E-state index in [0.717, 1.165) is 0 Å². The highest BCUT2D eigenvalue weighted by atomic mass is 79.9. The van der Waals surface area contributed by atoms with Crippen molar-refractivity contribution in [3.8, 4) is 11.5 Å². The average molecular weight is 438 g/mol. The van der Waals surface area contributed by atoms with Crippen LogP contribution >= 0.6 is 27.5 Å². The molecule has 3 rings (SSSR count).